The lowest BCUT2D eigenvalue weighted by atomic mass is 9.46. The topological polar surface area (TPSA) is 3.24 Å². The SMILES string of the molecule is CCCN(C)CC12CC3CC4CC(C1)C2(C4)C3. The largest absolute Gasteiger partial charge is 0.306 e. The summed E-state index contributed by atoms with van der Waals surface area (Å²) < 4.78 is 0. The van der Waals surface area contributed by atoms with Gasteiger partial charge in [0.05, 0.1) is 0 Å². The molecular formula is C16H27N. The highest BCUT2D eigenvalue weighted by Crippen LogP contribution is 2.81. The van der Waals surface area contributed by atoms with Crippen LogP contribution in [0.5, 0.6) is 0 Å². The summed E-state index contributed by atoms with van der Waals surface area (Å²) in [5.74, 6) is 3.41. The van der Waals surface area contributed by atoms with Crippen LogP contribution < -0.4 is 0 Å². The van der Waals surface area contributed by atoms with E-state index in [-0.39, 0.29) is 0 Å². The molecule has 0 aromatic rings. The fourth-order valence-corrected chi connectivity index (χ4v) is 6.84. The van der Waals surface area contributed by atoms with Crippen LogP contribution in [0.25, 0.3) is 0 Å². The summed E-state index contributed by atoms with van der Waals surface area (Å²) in [5, 5.41) is 0. The van der Waals surface area contributed by atoms with E-state index in [1.54, 1.807) is 38.5 Å². The highest BCUT2D eigenvalue weighted by Gasteiger charge is 2.73. The van der Waals surface area contributed by atoms with Crippen LogP contribution in [0.4, 0.5) is 0 Å². The minimum atomic E-state index is 0.775. The number of rotatable bonds is 4. The number of fused-ring (bicyclic) bond motifs is 2. The molecule has 4 aliphatic rings. The predicted octanol–water partition coefficient (Wildman–Crippen LogP) is 3.54. The standard InChI is InChI=1S/C16H27N/c1-3-4-17(2)11-15-7-13-5-12-6-14(10-15)16(15,8-12)9-13/h12-14H,3-11H2,1-2H3. The van der Waals surface area contributed by atoms with Crippen molar-refractivity contribution in [2.45, 2.75) is 51.9 Å². The molecule has 1 heteroatoms. The lowest BCUT2D eigenvalue weighted by Crippen LogP contribution is -2.57. The Labute approximate surface area is 106 Å². The lowest BCUT2D eigenvalue weighted by molar-refractivity contribution is -0.114. The molecule has 0 amide bonds. The third-order valence-corrected chi connectivity index (χ3v) is 6.92. The van der Waals surface area contributed by atoms with Gasteiger partial charge in [-0.15, -0.1) is 0 Å². The number of nitrogens with zero attached hydrogens (tertiary/aromatic N) is 1. The van der Waals surface area contributed by atoms with Crippen LogP contribution in [0.3, 0.4) is 0 Å². The van der Waals surface area contributed by atoms with Crippen molar-refractivity contribution in [3.05, 3.63) is 0 Å². The summed E-state index contributed by atoms with van der Waals surface area (Å²) in [5.41, 5.74) is 1.63. The van der Waals surface area contributed by atoms with Gasteiger partial charge in [-0.25, -0.2) is 0 Å². The van der Waals surface area contributed by atoms with Crippen molar-refractivity contribution in [1.82, 2.24) is 4.90 Å². The second-order valence-corrected chi connectivity index (χ2v) is 7.89. The molecule has 1 spiro atoms. The minimum Gasteiger partial charge on any atom is -0.306 e. The maximum atomic E-state index is 2.64. The third-order valence-electron chi connectivity index (χ3n) is 6.92. The Balaban J connectivity index is 1.59. The summed E-state index contributed by atoms with van der Waals surface area (Å²) in [6, 6.07) is 0. The Morgan fingerprint density at radius 1 is 1.06 bits per heavy atom. The van der Waals surface area contributed by atoms with Gasteiger partial charge in [0.15, 0.2) is 0 Å². The molecule has 0 saturated heterocycles. The Morgan fingerprint density at radius 3 is 2.71 bits per heavy atom. The zero-order chi connectivity index (χ0) is 11.7. The van der Waals surface area contributed by atoms with Gasteiger partial charge in [0, 0.05) is 6.54 Å². The average Bonchev–Trinajstić information content (AvgIpc) is 2.56. The van der Waals surface area contributed by atoms with Gasteiger partial charge in [-0.3, -0.25) is 0 Å². The molecule has 17 heavy (non-hydrogen) atoms. The van der Waals surface area contributed by atoms with Gasteiger partial charge < -0.3 is 4.90 Å². The zero-order valence-corrected chi connectivity index (χ0v) is 11.5. The molecule has 4 aliphatic carbocycles. The first kappa shape index (κ1) is 10.8. The third kappa shape index (κ3) is 1.20. The van der Waals surface area contributed by atoms with E-state index >= 15 is 0 Å². The first-order valence-electron chi connectivity index (χ1n) is 7.86. The van der Waals surface area contributed by atoms with E-state index in [1.807, 2.05) is 0 Å². The van der Waals surface area contributed by atoms with Crippen molar-refractivity contribution >= 4 is 0 Å². The van der Waals surface area contributed by atoms with Crippen molar-refractivity contribution in [3.63, 3.8) is 0 Å². The molecule has 5 atom stereocenters. The van der Waals surface area contributed by atoms with Crippen molar-refractivity contribution in [2.75, 3.05) is 20.1 Å². The summed E-state index contributed by atoms with van der Waals surface area (Å²) in [4.78, 5) is 2.64. The number of hydrogen-bond acceptors (Lipinski definition) is 1. The molecule has 0 aliphatic heterocycles. The van der Waals surface area contributed by atoms with E-state index in [4.69, 9.17) is 0 Å². The molecule has 0 aromatic heterocycles. The van der Waals surface area contributed by atoms with Crippen LogP contribution >= 0.6 is 0 Å². The van der Waals surface area contributed by atoms with Crippen molar-refractivity contribution < 1.29 is 0 Å². The van der Waals surface area contributed by atoms with Crippen molar-refractivity contribution in [1.29, 1.82) is 0 Å². The van der Waals surface area contributed by atoms with E-state index in [0.717, 1.165) is 28.6 Å². The van der Waals surface area contributed by atoms with E-state index in [1.165, 1.54) is 19.5 Å². The smallest absolute Gasteiger partial charge is 0.00406 e. The Bertz CT molecular complexity index is 332. The highest BCUT2D eigenvalue weighted by molar-refractivity contribution is 5.23. The fourth-order valence-electron chi connectivity index (χ4n) is 6.84. The van der Waals surface area contributed by atoms with Gasteiger partial charge in [0.2, 0.25) is 0 Å². The normalized spacial score (nSPS) is 54.2. The van der Waals surface area contributed by atoms with E-state index in [9.17, 15) is 0 Å². The lowest BCUT2D eigenvalue weighted by Gasteiger charge is -2.60. The van der Waals surface area contributed by atoms with Crippen molar-refractivity contribution in [2.24, 2.45) is 28.6 Å². The molecular weight excluding hydrogens is 206 g/mol. The van der Waals surface area contributed by atoms with Crippen LogP contribution in [0.2, 0.25) is 0 Å². The van der Waals surface area contributed by atoms with E-state index < -0.39 is 0 Å². The maximum Gasteiger partial charge on any atom is 0.00406 e. The van der Waals surface area contributed by atoms with Gasteiger partial charge in [0.25, 0.3) is 0 Å². The van der Waals surface area contributed by atoms with Crippen LogP contribution in [0.15, 0.2) is 0 Å². The molecule has 0 heterocycles. The summed E-state index contributed by atoms with van der Waals surface area (Å²) in [7, 11) is 2.36. The van der Waals surface area contributed by atoms with E-state index in [2.05, 4.69) is 18.9 Å². The summed E-state index contributed by atoms with van der Waals surface area (Å²) in [6.07, 6.45) is 10.9. The van der Waals surface area contributed by atoms with Crippen molar-refractivity contribution in [3.8, 4) is 0 Å². The van der Waals surface area contributed by atoms with Crippen LogP contribution in [0, 0.1) is 28.6 Å². The quantitative estimate of drug-likeness (QED) is 0.718. The molecule has 4 rings (SSSR count). The van der Waals surface area contributed by atoms with Gasteiger partial charge in [-0.1, -0.05) is 6.92 Å². The second kappa shape index (κ2) is 3.29. The van der Waals surface area contributed by atoms with Gasteiger partial charge >= 0.3 is 0 Å². The second-order valence-electron chi connectivity index (χ2n) is 7.89. The molecule has 1 nitrogen and oxygen atoms in total. The molecule has 4 fully saturated rings. The van der Waals surface area contributed by atoms with Gasteiger partial charge in [-0.2, -0.15) is 0 Å². The maximum absolute atomic E-state index is 2.64. The minimum absolute atomic E-state index is 0.775. The Morgan fingerprint density at radius 2 is 1.88 bits per heavy atom. The Kier molecular flexibility index (Phi) is 2.10. The van der Waals surface area contributed by atoms with Crippen LogP contribution in [0.1, 0.15) is 51.9 Å². The molecule has 0 aromatic carbocycles. The zero-order valence-electron chi connectivity index (χ0n) is 11.5. The van der Waals surface area contributed by atoms with E-state index in [0.29, 0.717) is 0 Å². The summed E-state index contributed by atoms with van der Waals surface area (Å²) in [6.45, 7) is 5.03. The number of hydrogen-bond donors (Lipinski definition) is 0. The molecule has 0 radical (unpaired) electrons. The molecule has 0 N–H and O–H groups in total. The first-order chi connectivity index (χ1) is 8.17. The molecule has 96 valence electrons. The monoisotopic (exact) mass is 233 g/mol. The average molecular weight is 233 g/mol. The van der Waals surface area contributed by atoms with Crippen LogP contribution in [-0.4, -0.2) is 25.0 Å². The fraction of sp³-hybridized carbons (Fsp3) is 1.00. The molecule has 5 unspecified atom stereocenters. The first-order valence-corrected chi connectivity index (χ1v) is 7.86. The van der Waals surface area contributed by atoms with Gasteiger partial charge in [0.1, 0.15) is 0 Å². The molecule has 3 bridgehead atoms. The predicted molar refractivity (Wildman–Crippen MR) is 70.8 cm³/mol. The highest BCUT2D eigenvalue weighted by atomic mass is 15.1. The Hall–Kier alpha value is -0.0400. The molecule has 4 saturated carbocycles. The van der Waals surface area contributed by atoms with Crippen LogP contribution in [-0.2, 0) is 0 Å². The summed E-state index contributed by atoms with van der Waals surface area (Å²) >= 11 is 0. The van der Waals surface area contributed by atoms with Gasteiger partial charge in [-0.05, 0) is 87.1 Å².